The molecule has 0 aromatic rings. The molecule has 2 heteroatoms. The van der Waals surface area contributed by atoms with Crippen LogP contribution in [0.15, 0.2) is 23.8 Å². The summed E-state index contributed by atoms with van der Waals surface area (Å²) < 4.78 is 6.22. The predicted molar refractivity (Wildman–Crippen MR) is 144 cm³/mol. The van der Waals surface area contributed by atoms with Crippen LogP contribution in [-0.4, -0.2) is 24.4 Å². The third-order valence-electron chi connectivity index (χ3n) is 11.2. The van der Waals surface area contributed by atoms with Gasteiger partial charge in [-0.25, -0.2) is 0 Å². The molecule has 34 heavy (non-hydrogen) atoms. The molecular weight excluding hydrogens is 416 g/mol. The Morgan fingerprint density at radius 2 is 1.85 bits per heavy atom. The molecule has 8 atom stereocenters. The summed E-state index contributed by atoms with van der Waals surface area (Å²) in [6, 6.07) is 0. The van der Waals surface area contributed by atoms with Crippen LogP contribution in [0.3, 0.4) is 0 Å². The first kappa shape index (κ1) is 26.5. The summed E-state index contributed by atoms with van der Waals surface area (Å²) in [6.45, 7) is 13.6. The number of rotatable bonds is 10. The predicted octanol–water partition coefficient (Wildman–Crippen LogP) is 8.35. The van der Waals surface area contributed by atoms with Gasteiger partial charge in [0.1, 0.15) is 0 Å². The van der Waals surface area contributed by atoms with Crippen LogP contribution in [0.5, 0.6) is 0 Å². The number of allylic oxidation sites excluding steroid dienone is 1. The fraction of sp³-hybridized carbons (Fsp3) is 0.875. The molecule has 3 unspecified atom stereocenters. The number of aliphatic hydroxyl groups excluding tert-OH is 1. The molecule has 0 heterocycles. The van der Waals surface area contributed by atoms with Crippen molar-refractivity contribution in [3.05, 3.63) is 23.8 Å². The molecule has 2 nitrogen and oxygen atoms in total. The summed E-state index contributed by atoms with van der Waals surface area (Å²) in [4.78, 5) is 0. The zero-order chi connectivity index (χ0) is 24.3. The van der Waals surface area contributed by atoms with Crippen molar-refractivity contribution in [3.8, 4) is 0 Å². The first-order valence-corrected chi connectivity index (χ1v) is 14.9. The summed E-state index contributed by atoms with van der Waals surface area (Å²) in [5.41, 5.74) is 2.73. The third kappa shape index (κ3) is 5.24. The van der Waals surface area contributed by atoms with Crippen LogP contribution in [0.1, 0.15) is 112 Å². The number of ether oxygens (including phenoxy) is 1. The lowest BCUT2D eigenvalue weighted by Gasteiger charge is -2.58. The first-order chi connectivity index (χ1) is 16.3. The van der Waals surface area contributed by atoms with Crippen molar-refractivity contribution < 1.29 is 9.84 Å². The molecule has 0 aliphatic heterocycles. The van der Waals surface area contributed by atoms with Gasteiger partial charge in [0, 0.05) is 6.61 Å². The van der Waals surface area contributed by atoms with E-state index in [1.54, 1.807) is 5.57 Å². The fourth-order valence-corrected chi connectivity index (χ4v) is 9.25. The van der Waals surface area contributed by atoms with Crippen molar-refractivity contribution in [2.75, 3.05) is 13.2 Å². The second-order valence-corrected chi connectivity index (χ2v) is 13.5. The minimum absolute atomic E-state index is 0.228. The van der Waals surface area contributed by atoms with Gasteiger partial charge in [0.15, 0.2) is 0 Å². The van der Waals surface area contributed by atoms with Crippen LogP contribution in [-0.2, 0) is 4.74 Å². The van der Waals surface area contributed by atoms with E-state index >= 15 is 0 Å². The van der Waals surface area contributed by atoms with Gasteiger partial charge >= 0.3 is 0 Å². The van der Waals surface area contributed by atoms with E-state index < -0.39 is 0 Å². The van der Waals surface area contributed by atoms with Gasteiger partial charge in [0.2, 0.25) is 0 Å². The van der Waals surface area contributed by atoms with Crippen molar-refractivity contribution in [2.45, 2.75) is 118 Å². The molecule has 0 aromatic heterocycles. The summed E-state index contributed by atoms with van der Waals surface area (Å²) in [6.07, 6.45) is 23.1. The molecule has 194 valence electrons. The van der Waals surface area contributed by atoms with E-state index in [1.165, 1.54) is 64.2 Å². The van der Waals surface area contributed by atoms with Crippen LogP contribution in [0.4, 0.5) is 0 Å². The van der Waals surface area contributed by atoms with Crippen LogP contribution in [0.25, 0.3) is 0 Å². The number of aliphatic hydroxyl groups is 1. The average molecular weight is 471 g/mol. The second kappa shape index (κ2) is 11.2. The highest BCUT2D eigenvalue weighted by atomic mass is 16.5. The van der Waals surface area contributed by atoms with Crippen LogP contribution >= 0.6 is 0 Å². The second-order valence-electron chi connectivity index (χ2n) is 13.5. The zero-order valence-corrected chi connectivity index (χ0v) is 23.0. The van der Waals surface area contributed by atoms with Crippen LogP contribution < -0.4 is 0 Å². The van der Waals surface area contributed by atoms with Gasteiger partial charge in [-0.15, -0.1) is 0 Å². The standard InChI is InChI=1S/C32H54O2/c1-23(2)10-9-11-24(3)28-14-15-29-27-13-12-25-22-26(34-21-8-6-7-20-33)16-18-31(25,4)30(27)17-19-32(28,29)5/h6,8,12,23-24,26-30,33H,7,9-11,13-22H2,1-5H3/b8-6+/t24-,26+,27?,28-,29?,30?,31+,32-/m1/s1. The third-order valence-corrected chi connectivity index (χ3v) is 11.2. The van der Waals surface area contributed by atoms with E-state index in [4.69, 9.17) is 9.84 Å². The van der Waals surface area contributed by atoms with Gasteiger partial charge < -0.3 is 9.84 Å². The summed E-state index contributed by atoms with van der Waals surface area (Å²) in [5, 5.41) is 8.93. The lowest BCUT2D eigenvalue weighted by atomic mass is 9.47. The number of fused-ring (bicyclic) bond motifs is 5. The minimum atomic E-state index is 0.228. The molecule has 0 radical (unpaired) electrons. The highest BCUT2D eigenvalue weighted by Gasteiger charge is 2.59. The molecule has 4 aliphatic carbocycles. The monoisotopic (exact) mass is 470 g/mol. The van der Waals surface area contributed by atoms with Gasteiger partial charge in [0.05, 0.1) is 12.7 Å². The Morgan fingerprint density at radius 1 is 1.03 bits per heavy atom. The molecule has 0 saturated heterocycles. The van der Waals surface area contributed by atoms with E-state index in [9.17, 15) is 0 Å². The molecule has 0 bridgehead atoms. The molecule has 0 aromatic carbocycles. The van der Waals surface area contributed by atoms with Crippen molar-refractivity contribution in [1.82, 2.24) is 0 Å². The fourth-order valence-electron chi connectivity index (χ4n) is 9.25. The minimum Gasteiger partial charge on any atom is -0.396 e. The quantitative estimate of drug-likeness (QED) is 0.325. The summed E-state index contributed by atoms with van der Waals surface area (Å²) in [7, 11) is 0. The van der Waals surface area contributed by atoms with Gasteiger partial charge in [-0.2, -0.15) is 0 Å². The Bertz CT molecular complexity index is 723. The highest BCUT2D eigenvalue weighted by Crippen LogP contribution is 2.67. The Morgan fingerprint density at radius 3 is 2.62 bits per heavy atom. The Labute approximate surface area is 211 Å². The van der Waals surface area contributed by atoms with Gasteiger partial charge in [0.25, 0.3) is 0 Å². The smallest absolute Gasteiger partial charge is 0.0651 e. The number of hydrogen-bond acceptors (Lipinski definition) is 2. The topological polar surface area (TPSA) is 29.5 Å². The van der Waals surface area contributed by atoms with Crippen molar-refractivity contribution >= 4 is 0 Å². The summed E-state index contributed by atoms with van der Waals surface area (Å²) >= 11 is 0. The largest absolute Gasteiger partial charge is 0.396 e. The van der Waals surface area contributed by atoms with Crippen molar-refractivity contribution in [2.24, 2.45) is 46.3 Å². The van der Waals surface area contributed by atoms with Crippen LogP contribution in [0.2, 0.25) is 0 Å². The van der Waals surface area contributed by atoms with Gasteiger partial charge in [-0.05, 0) is 104 Å². The molecule has 4 aliphatic rings. The highest BCUT2D eigenvalue weighted by molar-refractivity contribution is 5.25. The molecular formula is C32H54O2. The lowest BCUT2D eigenvalue weighted by molar-refractivity contribution is -0.0621. The van der Waals surface area contributed by atoms with E-state index in [0.29, 0.717) is 23.5 Å². The van der Waals surface area contributed by atoms with Crippen molar-refractivity contribution in [3.63, 3.8) is 0 Å². The van der Waals surface area contributed by atoms with E-state index in [1.807, 2.05) is 6.08 Å². The van der Waals surface area contributed by atoms with E-state index in [-0.39, 0.29) is 6.61 Å². The van der Waals surface area contributed by atoms with E-state index in [0.717, 1.165) is 48.3 Å². The van der Waals surface area contributed by atoms with E-state index in [2.05, 4.69) is 46.8 Å². The molecule has 1 N–H and O–H groups in total. The maximum atomic E-state index is 8.93. The maximum Gasteiger partial charge on any atom is 0.0651 e. The molecule has 0 spiro atoms. The molecule has 4 rings (SSSR count). The zero-order valence-electron chi connectivity index (χ0n) is 23.0. The normalized spacial score (nSPS) is 40.7. The SMILES string of the molecule is CC(C)CCC[C@@H](C)[C@H]1CCC2C3CC=C4C[C@@H](OC/C=C/CCO)CC[C@]4(C)C3CC[C@@]21C. The van der Waals surface area contributed by atoms with Crippen LogP contribution in [0, 0.1) is 46.3 Å². The Balaban J connectivity index is 1.39. The van der Waals surface area contributed by atoms with Gasteiger partial charge in [-0.1, -0.05) is 77.7 Å². The average Bonchev–Trinajstić information content (AvgIpc) is 3.16. The maximum absolute atomic E-state index is 8.93. The molecule has 3 fully saturated rings. The lowest BCUT2D eigenvalue weighted by Crippen LogP contribution is -2.51. The Hall–Kier alpha value is -0.600. The summed E-state index contributed by atoms with van der Waals surface area (Å²) in [5.74, 6) is 5.46. The molecule has 3 saturated carbocycles. The Kier molecular flexibility index (Phi) is 8.72. The van der Waals surface area contributed by atoms with Crippen molar-refractivity contribution in [1.29, 1.82) is 0 Å². The van der Waals surface area contributed by atoms with Gasteiger partial charge in [-0.3, -0.25) is 0 Å². The molecule has 0 amide bonds. The number of hydrogen-bond donors (Lipinski definition) is 1. The first-order valence-electron chi connectivity index (χ1n) is 14.9.